The third kappa shape index (κ3) is 4.94. The van der Waals surface area contributed by atoms with Crippen molar-refractivity contribution in [2.75, 3.05) is 40.5 Å². The number of hydrogen-bond donors (Lipinski definition) is 0. The molecule has 0 N–H and O–H groups in total. The number of rotatable bonds is 3. The van der Waals surface area contributed by atoms with E-state index in [1.807, 2.05) is 6.08 Å². The van der Waals surface area contributed by atoms with Crippen LogP contribution in [0.4, 0.5) is 0 Å². The van der Waals surface area contributed by atoms with E-state index in [1.54, 1.807) is 0 Å². The van der Waals surface area contributed by atoms with Crippen molar-refractivity contribution in [3.05, 3.63) is 28.1 Å². The van der Waals surface area contributed by atoms with Crippen molar-refractivity contribution >= 4 is 17.3 Å². The van der Waals surface area contributed by atoms with Gasteiger partial charge in [-0.15, -0.1) is 0 Å². The maximum atomic E-state index is 9.04. The number of halogens is 3. The van der Waals surface area contributed by atoms with Crippen LogP contribution in [0.25, 0.3) is 5.53 Å². The van der Waals surface area contributed by atoms with Gasteiger partial charge >= 0.3 is 25.2 Å². The maximum absolute atomic E-state index is 9.04. The molecule has 1 unspecified atom stereocenters. The molecule has 120 valence electrons. The minimum absolute atomic E-state index is 0. The van der Waals surface area contributed by atoms with E-state index in [0.717, 1.165) is 18.8 Å². The largest absolute Gasteiger partial charge is 2.00 e. The topological polar surface area (TPSA) is 67.3 Å². The van der Waals surface area contributed by atoms with E-state index in [2.05, 4.69) is 9.69 Å². The first-order valence-corrected chi connectivity index (χ1v) is 6.34. The standard InChI is InChI=1S/C12H16ClN3O3.2ClH.Zn/c1-17-9-7-8(16-3-5-19-6-4-16)12(18-2)10(13)11(9)15-14;;;/h7,9H,3-6H2,1-2H3;2*1H;/q;;;+2/p-2. The molecule has 0 radical (unpaired) electrons. The van der Waals surface area contributed by atoms with Crippen LogP contribution >= 0.6 is 11.6 Å². The summed E-state index contributed by atoms with van der Waals surface area (Å²) in [6.45, 7) is 2.82. The molecule has 22 heavy (non-hydrogen) atoms. The van der Waals surface area contributed by atoms with Crippen molar-refractivity contribution in [3.8, 4) is 0 Å². The first kappa shape index (κ1) is 24.1. The van der Waals surface area contributed by atoms with Gasteiger partial charge in [-0.1, -0.05) is 11.6 Å². The Hall–Kier alpha value is -0.127. The van der Waals surface area contributed by atoms with Crippen LogP contribution in [0.3, 0.4) is 0 Å². The van der Waals surface area contributed by atoms with Gasteiger partial charge in [-0.2, -0.15) is 4.79 Å². The zero-order chi connectivity index (χ0) is 13.8. The van der Waals surface area contributed by atoms with E-state index in [-0.39, 0.29) is 55.0 Å². The summed E-state index contributed by atoms with van der Waals surface area (Å²) in [7, 11) is 3.07. The zero-order valence-corrected chi connectivity index (χ0v) is 17.6. The van der Waals surface area contributed by atoms with Gasteiger partial charge in [-0.05, 0) is 6.08 Å². The van der Waals surface area contributed by atoms with Crippen LogP contribution in [0.15, 0.2) is 22.6 Å². The molecule has 1 saturated heterocycles. The van der Waals surface area contributed by atoms with Crippen LogP contribution < -0.4 is 24.8 Å². The first-order chi connectivity index (χ1) is 9.22. The summed E-state index contributed by atoms with van der Waals surface area (Å²) in [6.07, 6.45) is 1.35. The molecule has 1 fully saturated rings. The predicted molar refractivity (Wildman–Crippen MR) is 69.8 cm³/mol. The van der Waals surface area contributed by atoms with Crippen LogP contribution in [-0.2, 0) is 33.7 Å². The SMILES string of the molecule is COC1=C(Cl)C(=[N+]=[N-])C(OC)C=C1N1CCOCC1.[Cl-].[Cl-].[Zn+2]. The molecule has 0 bridgehead atoms. The Labute approximate surface area is 160 Å². The number of ether oxygens (including phenoxy) is 3. The molecular weight excluding hydrogens is 406 g/mol. The molecule has 6 nitrogen and oxygen atoms in total. The Morgan fingerprint density at radius 3 is 2.36 bits per heavy atom. The summed E-state index contributed by atoms with van der Waals surface area (Å²) in [6, 6.07) is 0. The fourth-order valence-corrected chi connectivity index (χ4v) is 2.50. The molecule has 1 heterocycles. The fraction of sp³-hybridized carbons (Fsp3) is 0.583. The third-order valence-electron chi connectivity index (χ3n) is 3.15. The van der Waals surface area contributed by atoms with Crippen molar-refractivity contribution in [2.24, 2.45) is 0 Å². The third-order valence-corrected chi connectivity index (χ3v) is 3.52. The second kappa shape index (κ2) is 11.4. The monoisotopic (exact) mass is 419 g/mol. The second-order valence-electron chi connectivity index (χ2n) is 4.14. The summed E-state index contributed by atoms with van der Waals surface area (Å²) < 4.78 is 16.0. The van der Waals surface area contributed by atoms with Gasteiger partial charge in [0.2, 0.25) is 0 Å². The number of methoxy groups -OCH3 is 2. The molecule has 0 amide bonds. The second-order valence-corrected chi connectivity index (χ2v) is 4.52. The Morgan fingerprint density at radius 2 is 1.91 bits per heavy atom. The minimum Gasteiger partial charge on any atom is -1.00 e. The molecule has 10 heteroatoms. The van der Waals surface area contributed by atoms with Crippen molar-refractivity contribution in [3.63, 3.8) is 0 Å². The van der Waals surface area contributed by atoms with E-state index >= 15 is 0 Å². The Balaban J connectivity index is 0. The summed E-state index contributed by atoms with van der Waals surface area (Å²) >= 11 is 6.22. The quantitative estimate of drug-likeness (QED) is 0.260. The van der Waals surface area contributed by atoms with E-state index in [9.17, 15) is 0 Å². The number of nitrogens with zero attached hydrogens (tertiary/aromatic N) is 3. The molecule has 1 aliphatic heterocycles. The molecular formula is C12H16Cl3N3O3Zn. The van der Waals surface area contributed by atoms with Gasteiger partial charge in [-0.25, -0.2) is 0 Å². The molecule has 2 rings (SSSR count). The van der Waals surface area contributed by atoms with Crippen LogP contribution in [-0.4, -0.2) is 62.0 Å². The molecule has 1 atom stereocenters. The van der Waals surface area contributed by atoms with Crippen LogP contribution in [0.5, 0.6) is 0 Å². The van der Waals surface area contributed by atoms with Crippen LogP contribution in [0.2, 0.25) is 0 Å². The molecule has 1 aliphatic carbocycles. The summed E-state index contributed by atoms with van der Waals surface area (Å²) in [4.78, 5) is 5.31. The molecule has 0 saturated carbocycles. The van der Waals surface area contributed by atoms with Crippen LogP contribution in [0, 0.1) is 0 Å². The van der Waals surface area contributed by atoms with E-state index in [1.165, 1.54) is 14.2 Å². The number of morpholine rings is 1. The molecule has 0 aromatic carbocycles. The smallest absolute Gasteiger partial charge is 1.00 e. The molecule has 0 aromatic heterocycles. The summed E-state index contributed by atoms with van der Waals surface area (Å²) in [5, 5.41) is 0.265. The maximum Gasteiger partial charge on any atom is 2.00 e. The summed E-state index contributed by atoms with van der Waals surface area (Å²) in [5.74, 6) is 0.490. The van der Waals surface area contributed by atoms with E-state index in [4.69, 9.17) is 31.3 Å². The van der Waals surface area contributed by atoms with Gasteiger partial charge in [0, 0.05) is 20.2 Å². The van der Waals surface area contributed by atoms with Crippen molar-refractivity contribution in [1.29, 1.82) is 0 Å². The predicted octanol–water partition coefficient (Wildman–Crippen LogP) is -5.00. The summed E-state index contributed by atoms with van der Waals surface area (Å²) in [5.41, 5.74) is 10.1. The Bertz CT molecular complexity index is 475. The van der Waals surface area contributed by atoms with Crippen LogP contribution in [0.1, 0.15) is 0 Å². The molecule has 0 spiro atoms. The van der Waals surface area contributed by atoms with Crippen molar-refractivity contribution < 1.29 is 63.3 Å². The van der Waals surface area contributed by atoms with Gasteiger partial charge in [-0.3, -0.25) is 0 Å². The fourth-order valence-electron chi connectivity index (χ4n) is 2.18. The average Bonchev–Trinajstić information content (AvgIpc) is 2.47. The van der Waals surface area contributed by atoms with Crippen molar-refractivity contribution in [2.45, 2.75) is 6.10 Å². The molecule has 0 aromatic rings. The number of hydrogen-bond acceptors (Lipinski definition) is 4. The first-order valence-electron chi connectivity index (χ1n) is 5.96. The normalized spacial score (nSPS) is 20.9. The Morgan fingerprint density at radius 1 is 1.32 bits per heavy atom. The average molecular weight is 422 g/mol. The molecule has 2 aliphatic rings. The van der Waals surface area contributed by atoms with Gasteiger partial charge in [0.25, 0.3) is 0 Å². The van der Waals surface area contributed by atoms with Gasteiger partial charge < -0.3 is 49.5 Å². The van der Waals surface area contributed by atoms with Gasteiger partial charge in [0.05, 0.1) is 26.0 Å². The van der Waals surface area contributed by atoms with E-state index in [0.29, 0.717) is 19.0 Å². The van der Waals surface area contributed by atoms with Gasteiger partial charge in [0.1, 0.15) is 0 Å². The van der Waals surface area contributed by atoms with Gasteiger partial charge in [0.15, 0.2) is 16.9 Å². The van der Waals surface area contributed by atoms with Crippen molar-refractivity contribution in [1.82, 2.24) is 4.90 Å². The minimum atomic E-state index is -0.491. The van der Waals surface area contributed by atoms with E-state index < -0.39 is 6.10 Å². The Kier molecular flexibility index (Phi) is 12.5. The zero-order valence-electron chi connectivity index (χ0n) is 12.4.